The van der Waals surface area contributed by atoms with Crippen molar-refractivity contribution in [2.75, 3.05) is 31.5 Å². The molecule has 2 rings (SSSR count). The van der Waals surface area contributed by atoms with Crippen LogP contribution in [0.5, 0.6) is 0 Å². The van der Waals surface area contributed by atoms with Crippen molar-refractivity contribution in [1.29, 1.82) is 0 Å². The van der Waals surface area contributed by atoms with E-state index >= 15 is 0 Å². The Bertz CT molecular complexity index is 800. The highest BCUT2D eigenvalue weighted by molar-refractivity contribution is 5.95. The molecule has 0 aliphatic heterocycles. The van der Waals surface area contributed by atoms with Gasteiger partial charge in [0.1, 0.15) is 0 Å². The van der Waals surface area contributed by atoms with Crippen LogP contribution < -0.4 is 21.5 Å². The standard InChI is InChI=1S/C16H20N4O4/c1-10-6-14(21)20-13-7-11(2-3-12(10)13)19-15(22)8-17-4-5-18-9-16(23)24/h2-3,6-7,17-18H,4-5,8-9H2,1H3,(H,19,22)(H,20,21)(H,23,24). The van der Waals surface area contributed by atoms with Gasteiger partial charge in [-0.05, 0) is 24.6 Å². The summed E-state index contributed by atoms with van der Waals surface area (Å²) >= 11 is 0. The molecule has 0 saturated heterocycles. The summed E-state index contributed by atoms with van der Waals surface area (Å²) in [4.78, 5) is 36.4. The first-order chi connectivity index (χ1) is 11.5. The quantitative estimate of drug-likeness (QED) is 0.435. The normalized spacial score (nSPS) is 10.7. The Kier molecular flexibility index (Phi) is 6.05. The molecule has 1 heterocycles. The lowest BCUT2D eigenvalue weighted by Crippen LogP contribution is -2.35. The summed E-state index contributed by atoms with van der Waals surface area (Å²) in [7, 11) is 0. The first-order valence-electron chi connectivity index (χ1n) is 7.52. The number of benzene rings is 1. The molecule has 8 heteroatoms. The Hall–Kier alpha value is -2.71. The number of carbonyl (C=O) groups excluding carboxylic acids is 1. The van der Waals surface area contributed by atoms with Gasteiger partial charge in [0.2, 0.25) is 11.5 Å². The number of hydrogen-bond donors (Lipinski definition) is 5. The highest BCUT2D eigenvalue weighted by atomic mass is 16.4. The Morgan fingerprint density at radius 3 is 2.54 bits per heavy atom. The third-order valence-corrected chi connectivity index (χ3v) is 3.37. The topological polar surface area (TPSA) is 123 Å². The average molecular weight is 332 g/mol. The summed E-state index contributed by atoms with van der Waals surface area (Å²) < 4.78 is 0. The van der Waals surface area contributed by atoms with E-state index < -0.39 is 5.97 Å². The molecule has 0 aliphatic rings. The van der Waals surface area contributed by atoms with Gasteiger partial charge in [-0.25, -0.2) is 0 Å². The molecule has 1 aromatic heterocycles. The third-order valence-electron chi connectivity index (χ3n) is 3.37. The molecule has 0 radical (unpaired) electrons. The molecule has 1 amide bonds. The molecule has 8 nitrogen and oxygen atoms in total. The minimum absolute atomic E-state index is 0.108. The summed E-state index contributed by atoms with van der Waals surface area (Å²) in [5.41, 5.74) is 1.96. The molecular weight excluding hydrogens is 312 g/mol. The SMILES string of the molecule is Cc1cc(=O)[nH]c2cc(NC(=O)CNCCNCC(=O)O)ccc12. The van der Waals surface area contributed by atoms with Crippen LogP contribution in [0.1, 0.15) is 5.56 Å². The van der Waals surface area contributed by atoms with Crippen molar-refractivity contribution < 1.29 is 14.7 Å². The third kappa shape index (κ3) is 5.18. The molecule has 0 aliphatic carbocycles. The predicted octanol–water partition coefficient (Wildman–Crippen LogP) is 0.0388. The van der Waals surface area contributed by atoms with Crippen LogP contribution in [0.4, 0.5) is 5.69 Å². The fraction of sp³-hybridized carbons (Fsp3) is 0.312. The molecule has 0 atom stereocenters. The van der Waals surface area contributed by atoms with Gasteiger partial charge >= 0.3 is 5.97 Å². The summed E-state index contributed by atoms with van der Waals surface area (Å²) in [6.45, 7) is 2.79. The number of anilines is 1. The molecule has 0 fully saturated rings. The predicted molar refractivity (Wildman–Crippen MR) is 91.3 cm³/mol. The number of aromatic nitrogens is 1. The molecule has 0 unspecified atom stereocenters. The summed E-state index contributed by atoms with van der Waals surface area (Å²) in [6.07, 6.45) is 0. The zero-order chi connectivity index (χ0) is 17.5. The maximum Gasteiger partial charge on any atom is 0.317 e. The van der Waals surface area contributed by atoms with Crippen LogP contribution in [-0.2, 0) is 9.59 Å². The van der Waals surface area contributed by atoms with Crippen LogP contribution in [0, 0.1) is 6.92 Å². The van der Waals surface area contributed by atoms with Crippen LogP contribution in [0.15, 0.2) is 29.1 Å². The van der Waals surface area contributed by atoms with E-state index in [9.17, 15) is 14.4 Å². The van der Waals surface area contributed by atoms with Crippen LogP contribution in [0.25, 0.3) is 10.9 Å². The van der Waals surface area contributed by atoms with E-state index in [-0.39, 0.29) is 24.6 Å². The molecular formula is C16H20N4O4. The van der Waals surface area contributed by atoms with E-state index in [4.69, 9.17) is 5.11 Å². The molecule has 24 heavy (non-hydrogen) atoms. The lowest BCUT2D eigenvalue weighted by atomic mass is 10.1. The van der Waals surface area contributed by atoms with Crippen molar-refractivity contribution in [3.63, 3.8) is 0 Å². The van der Waals surface area contributed by atoms with Crippen molar-refractivity contribution in [3.8, 4) is 0 Å². The van der Waals surface area contributed by atoms with Gasteiger partial charge in [-0.2, -0.15) is 0 Å². The number of amides is 1. The maximum atomic E-state index is 11.9. The van der Waals surface area contributed by atoms with Gasteiger partial charge in [0.25, 0.3) is 0 Å². The molecule has 128 valence electrons. The number of H-pyrrole nitrogens is 1. The Morgan fingerprint density at radius 1 is 1.12 bits per heavy atom. The Balaban J connectivity index is 1.84. The number of pyridine rings is 1. The summed E-state index contributed by atoms with van der Waals surface area (Å²) in [6, 6.07) is 6.87. The molecule has 0 spiro atoms. The van der Waals surface area contributed by atoms with E-state index in [1.54, 1.807) is 12.1 Å². The number of carbonyl (C=O) groups is 2. The fourth-order valence-electron chi connectivity index (χ4n) is 2.29. The van der Waals surface area contributed by atoms with E-state index in [1.165, 1.54) is 6.07 Å². The Labute approximate surface area is 138 Å². The lowest BCUT2D eigenvalue weighted by Gasteiger charge is -2.09. The van der Waals surface area contributed by atoms with Crippen LogP contribution in [0.2, 0.25) is 0 Å². The van der Waals surface area contributed by atoms with Crippen molar-refractivity contribution >= 4 is 28.5 Å². The second-order valence-corrected chi connectivity index (χ2v) is 5.37. The first kappa shape index (κ1) is 17.6. The number of nitrogens with one attached hydrogen (secondary N) is 4. The van der Waals surface area contributed by atoms with Crippen LogP contribution in [-0.4, -0.2) is 48.1 Å². The fourth-order valence-corrected chi connectivity index (χ4v) is 2.29. The van der Waals surface area contributed by atoms with Crippen molar-refractivity contribution in [1.82, 2.24) is 15.6 Å². The second kappa shape index (κ2) is 8.23. The van der Waals surface area contributed by atoms with Crippen molar-refractivity contribution in [2.24, 2.45) is 0 Å². The number of fused-ring (bicyclic) bond motifs is 1. The molecule has 0 saturated carbocycles. The van der Waals surface area contributed by atoms with E-state index in [0.29, 0.717) is 24.3 Å². The van der Waals surface area contributed by atoms with Gasteiger partial charge in [-0.3, -0.25) is 14.4 Å². The number of aryl methyl sites for hydroxylation is 1. The molecule has 0 bridgehead atoms. The van der Waals surface area contributed by atoms with Gasteiger partial charge in [0, 0.05) is 30.2 Å². The number of carboxylic acids is 1. The first-order valence-corrected chi connectivity index (χ1v) is 7.52. The highest BCUT2D eigenvalue weighted by Gasteiger charge is 2.05. The highest BCUT2D eigenvalue weighted by Crippen LogP contribution is 2.18. The number of carboxylic acid groups (broad SMARTS) is 1. The molecule has 1 aromatic carbocycles. The van der Waals surface area contributed by atoms with Crippen molar-refractivity contribution in [3.05, 3.63) is 40.2 Å². The number of aromatic amines is 1. The number of rotatable bonds is 8. The molecule has 5 N–H and O–H groups in total. The van der Waals surface area contributed by atoms with Gasteiger partial charge in [-0.1, -0.05) is 6.07 Å². The second-order valence-electron chi connectivity index (χ2n) is 5.37. The zero-order valence-electron chi connectivity index (χ0n) is 13.3. The summed E-state index contributed by atoms with van der Waals surface area (Å²) in [5.74, 6) is -1.14. The zero-order valence-corrected chi connectivity index (χ0v) is 13.3. The van der Waals surface area contributed by atoms with Crippen LogP contribution in [0.3, 0.4) is 0 Å². The average Bonchev–Trinajstić information content (AvgIpc) is 2.49. The Morgan fingerprint density at radius 2 is 1.83 bits per heavy atom. The minimum atomic E-state index is -0.919. The van der Waals surface area contributed by atoms with Gasteiger partial charge < -0.3 is 26.0 Å². The lowest BCUT2D eigenvalue weighted by molar-refractivity contribution is -0.136. The van der Waals surface area contributed by atoms with Gasteiger partial charge in [0.05, 0.1) is 18.6 Å². The van der Waals surface area contributed by atoms with E-state index in [2.05, 4.69) is 20.9 Å². The summed E-state index contributed by atoms with van der Waals surface area (Å²) in [5, 5.41) is 17.8. The minimum Gasteiger partial charge on any atom is -0.480 e. The maximum absolute atomic E-state index is 11.9. The van der Waals surface area contributed by atoms with Gasteiger partial charge in [0.15, 0.2) is 0 Å². The van der Waals surface area contributed by atoms with Crippen molar-refractivity contribution in [2.45, 2.75) is 6.92 Å². The monoisotopic (exact) mass is 332 g/mol. The van der Waals surface area contributed by atoms with Gasteiger partial charge in [-0.15, -0.1) is 0 Å². The van der Waals surface area contributed by atoms with E-state index in [0.717, 1.165) is 10.9 Å². The smallest absolute Gasteiger partial charge is 0.317 e. The largest absolute Gasteiger partial charge is 0.480 e. The van der Waals surface area contributed by atoms with Crippen LogP contribution >= 0.6 is 0 Å². The number of aliphatic carboxylic acids is 1. The molecule has 2 aromatic rings. The van der Waals surface area contributed by atoms with E-state index in [1.807, 2.05) is 13.0 Å². The number of hydrogen-bond acceptors (Lipinski definition) is 5.